The van der Waals surface area contributed by atoms with Gasteiger partial charge in [0, 0.05) is 0 Å². The Morgan fingerprint density at radius 1 is 1.08 bits per heavy atom. The molecule has 0 N–H and O–H groups in total. The van der Waals surface area contributed by atoms with E-state index in [0.717, 1.165) is 12.8 Å². The zero-order chi connectivity index (χ0) is 19.5. The molecule has 144 valence electrons. The van der Waals surface area contributed by atoms with E-state index in [1.807, 2.05) is 0 Å². The standard InChI is InChI=1S/C21H35BO3Si/c1-19(2,3)26(8,9)23-18-14-13-15-16(18)11-10-12-17(15)22-24-20(4,5)21(6,7)25-22/h10-12,18H,13-14H2,1-9H3/t18-/m0/s1. The van der Waals surface area contributed by atoms with E-state index in [1.54, 1.807) is 0 Å². The van der Waals surface area contributed by atoms with Gasteiger partial charge in [-0.25, -0.2) is 0 Å². The molecule has 3 nitrogen and oxygen atoms in total. The van der Waals surface area contributed by atoms with E-state index in [2.05, 4.69) is 79.8 Å². The van der Waals surface area contributed by atoms with E-state index < -0.39 is 8.32 Å². The Balaban J connectivity index is 1.88. The number of fused-ring (bicyclic) bond motifs is 1. The predicted molar refractivity (Wildman–Crippen MR) is 112 cm³/mol. The summed E-state index contributed by atoms with van der Waals surface area (Å²) in [6.07, 6.45) is 2.29. The third kappa shape index (κ3) is 3.32. The van der Waals surface area contributed by atoms with Crippen LogP contribution in [0.25, 0.3) is 0 Å². The maximum atomic E-state index is 6.75. The van der Waals surface area contributed by atoms with Crippen LogP contribution in [0.4, 0.5) is 0 Å². The fourth-order valence-electron chi connectivity index (χ4n) is 3.49. The fraction of sp³-hybridized carbons (Fsp3) is 0.714. The summed E-state index contributed by atoms with van der Waals surface area (Å²) in [5.74, 6) is 0. The highest BCUT2D eigenvalue weighted by Crippen LogP contribution is 2.44. The molecule has 1 aliphatic carbocycles. The van der Waals surface area contributed by atoms with Gasteiger partial charge in [-0.05, 0) is 75.3 Å². The molecule has 1 heterocycles. The van der Waals surface area contributed by atoms with Crippen LogP contribution in [0, 0.1) is 0 Å². The summed E-state index contributed by atoms with van der Waals surface area (Å²) >= 11 is 0. The average Bonchev–Trinajstić information content (AvgIpc) is 2.96. The Morgan fingerprint density at radius 3 is 2.19 bits per heavy atom. The molecule has 0 spiro atoms. The maximum Gasteiger partial charge on any atom is 0.495 e. The van der Waals surface area contributed by atoms with Crippen LogP contribution >= 0.6 is 0 Å². The molecule has 0 aromatic heterocycles. The second kappa shape index (κ2) is 6.20. The molecule has 0 bridgehead atoms. The lowest BCUT2D eigenvalue weighted by Gasteiger charge is -2.38. The van der Waals surface area contributed by atoms with Crippen LogP contribution in [0.3, 0.4) is 0 Å². The van der Waals surface area contributed by atoms with Crippen molar-refractivity contribution in [3.8, 4) is 0 Å². The molecule has 2 aliphatic rings. The van der Waals surface area contributed by atoms with Crippen LogP contribution in [0.5, 0.6) is 0 Å². The first-order chi connectivity index (χ1) is 11.8. The molecule has 1 aromatic carbocycles. The highest BCUT2D eigenvalue weighted by molar-refractivity contribution is 6.74. The van der Waals surface area contributed by atoms with Crippen molar-refractivity contribution in [3.05, 3.63) is 29.3 Å². The lowest BCUT2D eigenvalue weighted by molar-refractivity contribution is 0.00578. The first-order valence-corrected chi connectivity index (χ1v) is 12.8. The quantitative estimate of drug-likeness (QED) is 0.697. The first kappa shape index (κ1) is 20.1. The Hall–Kier alpha value is -0.618. The zero-order valence-electron chi connectivity index (χ0n) is 18.0. The summed E-state index contributed by atoms with van der Waals surface area (Å²) in [6, 6.07) is 6.52. The molecule has 0 amide bonds. The minimum atomic E-state index is -1.80. The van der Waals surface area contributed by atoms with Crippen molar-refractivity contribution < 1.29 is 13.7 Å². The van der Waals surface area contributed by atoms with E-state index in [-0.39, 0.29) is 29.5 Å². The second-order valence-corrected chi connectivity index (χ2v) is 15.2. The summed E-state index contributed by atoms with van der Waals surface area (Å²) in [6.45, 7) is 20.0. The van der Waals surface area contributed by atoms with Gasteiger partial charge in [0.05, 0.1) is 17.3 Å². The molecule has 3 rings (SSSR count). The van der Waals surface area contributed by atoms with Gasteiger partial charge >= 0.3 is 7.12 Å². The number of rotatable bonds is 3. The molecular weight excluding hydrogens is 339 g/mol. The van der Waals surface area contributed by atoms with Crippen LogP contribution < -0.4 is 5.46 Å². The summed E-state index contributed by atoms with van der Waals surface area (Å²) in [5, 5.41) is 0.221. The lowest BCUT2D eigenvalue weighted by atomic mass is 9.75. The molecule has 1 atom stereocenters. The van der Waals surface area contributed by atoms with E-state index >= 15 is 0 Å². The van der Waals surface area contributed by atoms with Crippen LogP contribution in [0.1, 0.15) is 72.1 Å². The summed E-state index contributed by atoms with van der Waals surface area (Å²) in [7, 11) is -2.09. The van der Waals surface area contributed by atoms with Gasteiger partial charge in [-0.1, -0.05) is 39.0 Å². The zero-order valence-corrected chi connectivity index (χ0v) is 19.0. The van der Waals surface area contributed by atoms with Crippen molar-refractivity contribution >= 4 is 20.9 Å². The minimum Gasteiger partial charge on any atom is -0.410 e. The highest BCUT2D eigenvalue weighted by Gasteiger charge is 2.52. The van der Waals surface area contributed by atoms with Crippen molar-refractivity contribution in [2.45, 2.75) is 96.7 Å². The van der Waals surface area contributed by atoms with Gasteiger partial charge in [0.2, 0.25) is 0 Å². The molecule has 1 aliphatic heterocycles. The van der Waals surface area contributed by atoms with Gasteiger partial charge in [-0.15, -0.1) is 0 Å². The van der Waals surface area contributed by atoms with E-state index in [9.17, 15) is 0 Å². The molecule has 26 heavy (non-hydrogen) atoms. The number of hydrogen-bond acceptors (Lipinski definition) is 3. The monoisotopic (exact) mass is 374 g/mol. The minimum absolute atomic E-state index is 0.202. The lowest BCUT2D eigenvalue weighted by Crippen LogP contribution is -2.41. The van der Waals surface area contributed by atoms with Crippen LogP contribution in [0.15, 0.2) is 18.2 Å². The summed E-state index contributed by atoms with van der Waals surface area (Å²) in [4.78, 5) is 0. The van der Waals surface area contributed by atoms with Gasteiger partial charge < -0.3 is 13.7 Å². The van der Waals surface area contributed by atoms with Gasteiger partial charge in [0.15, 0.2) is 8.32 Å². The maximum absolute atomic E-state index is 6.75. The molecule has 0 radical (unpaired) electrons. The fourth-order valence-corrected chi connectivity index (χ4v) is 4.80. The molecule has 5 heteroatoms. The van der Waals surface area contributed by atoms with Gasteiger partial charge in [-0.3, -0.25) is 0 Å². The van der Waals surface area contributed by atoms with Gasteiger partial charge in [0.25, 0.3) is 0 Å². The topological polar surface area (TPSA) is 27.7 Å². The van der Waals surface area contributed by atoms with E-state index in [1.165, 1.54) is 16.6 Å². The van der Waals surface area contributed by atoms with Crippen molar-refractivity contribution in [3.63, 3.8) is 0 Å². The second-order valence-electron chi connectivity index (χ2n) is 10.4. The Morgan fingerprint density at radius 2 is 1.65 bits per heavy atom. The predicted octanol–water partition coefficient (Wildman–Crippen LogP) is 4.99. The van der Waals surface area contributed by atoms with Crippen molar-refractivity contribution in [1.29, 1.82) is 0 Å². The third-order valence-electron chi connectivity index (χ3n) is 7.00. The molecule has 1 aromatic rings. The van der Waals surface area contributed by atoms with E-state index in [0.29, 0.717) is 0 Å². The average molecular weight is 374 g/mol. The molecule has 0 unspecified atom stereocenters. The largest absolute Gasteiger partial charge is 0.495 e. The third-order valence-corrected chi connectivity index (χ3v) is 11.5. The number of hydrogen-bond donors (Lipinski definition) is 0. The SMILES string of the molecule is CC1(C)OB(c2cccc3c2CC[C@@H]3O[Si](C)(C)C(C)(C)C)OC1(C)C. The summed E-state index contributed by atoms with van der Waals surface area (Å²) < 4.78 is 19.4. The van der Waals surface area contributed by atoms with Crippen LogP contribution in [0.2, 0.25) is 18.1 Å². The van der Waals surface area contributed by atoms with E-state index in [4.69, 9.17) is 13.7 Å². The Bertz CT molecular complexity index is 675. The summed E-state index contributed by atoms with van der Waals surface area (Å²) in [5.41, 5.74) is 3.27. The van der Waals surface area contributed by atoms with Crippen LogP contribution in [-0.4, -0.2) is 26.6 Å². The van der Waals surface area contributed by atoms with Crippen LogP contribution in [-0.2, 0) is 20.2 Å². The highest BCUT2D eigenvalue weighted by atomic mass is 28.4. The van der Waals surface area contributed by atoms with Gasteiger partial charge in [0.1, 0.15) is 0 Å². The molecule has 1 fully saturated rings. The smallest absolute Gasteiger partial charge is 0.410 e. The van der Waals surface area contributed by atoms with Crippen molar-refractivity contribution in [1.82, 2.24) is 0 Å². The molecule has 0 saturated carbocycles. The normalized spacial score (nSPS) is 24.8. The van der Waals surface area contributed by atoms with Crippen molar-refractivity contribution in [2.75, 3.05) is 0 Å². The number of benzene rings is 1. The Kier molecular flexibility index (Phi) is 4.80. The van der Waals surface area contributed by atoms with Crippen molar-refractivity contribution in [2.24, 2.45) is 0 Å². The first-order valence-electron chi connectivity index (χ1n) is 9.90. The van der Waals surface area contributed by atoms with Gasteiger partial charge in [-0.2, -0.15) is 0 Å². The Labute approximate surface area is 161 Å². The molecule has 1 saturated heterocycles. The molecular formula is C21H35BO3Si.